The summed E-state index contributed by atoms with van der Waals surface area (Å²) < 4.78 is 12.5. The minimum Gasteiger partial charge on any atom is -0.328 e. The molecule has 0 unspecified atom stereocenters. The zero-order valence-electron chi connectivity index (χ0n) is 9.67. The van der Waals surface area contributed by atoms with Crippen LogP contribution in [0, 0.1) is 12.3 Å². The van der Waals surface area contributed by atoms with E-state index >= 15 is 0 Å². The van der Waals surface area contributed by atoms with E-state index in [1.807, 2.05) is 53.4 Å². The standard InChI is InChI=1S/C15H11NOS/c1-2-11-16-12-7-3-5-9-14(12)18(17)15-10-6-4-8-13(15)16/h1,3-10H,11H2. The van der Waals surface area contributed by atoms with Crippen LogP contribution in [-0.2, 0) is 10.8 Å². The zero-order valence-corrected chi connectivity index (χ0v) is 10.5. The van der Waals surface area contributed by atoms with Crippen molar-refractivity contribution in [1.82, 2.24) is 0 Å². The van der Waals surface area contributed by atoms with Gasteiger partial charge in [-0.3, -0.25) is 0 Å². The lowest BCUT2D eigenvalue weighted by molar-refractivity contribution is 0.681. The van der Waals surface area contributed by atoms with Gasteiger partial charge in [-0.05, 0) is 24.3 Å². The molecule has 0 fully saturated rings. The molecule has 0 spiro atoms. The van der Waals surface area contributed by atoms with E-state index in [-0.39, 0.29) is 0 Å². The van der Waals surface area contributed by atoms with Crippen molar-refractivity contribution in [3.63, 3.8) is 0 Å². The number of nitrogens with zero attached hydrogens (tertiary/aromatic N) is 1. The van der Waals surface area contributed by atoms with Crippen molar-refractivity contribution in [3.05, 3.63) is 48.5 Å². The molecule has 2 aromatic rings. The predicted molar refractivity (Wildman–Crippen MR) is 73.4 cm³/mol. The number of hydrogen-bond donors (Lipinski definition) is 0. The Balaban J connectivity index is 2.27. The van der Waals surface area contributed by atoms with E-state index < -0.39 is 10.8 Å². The molecule has 0 radical (unpaired) electrons. The van der Waals surface area contributed by atoms with Crippen LogP contribution in [0.3, 0.4) is 0 Å². The fourth-order valence-corrected chi connectivity index (χ4v) is 3.56. The van der Waals surface area contributed by atoms with Crippen molar-refractivity contribution >= 4 is 22.2 Å². The van der Waals surface area contributed by atoms with Crippen LogP contribution < -0.4 is 4.90 Å². The molecule has 1 aliphatic heterocycles. The van der Waals surface area contributed by atoms with Gasteiger partial charge in [0.1, 0.15) is 0 Å². The highest BCUT2D eigenvalue weighted by Gasteiger charge is 2.26. The fraction of sp³-hybridized carbons (Fsp3) is 0.0667. The van der Waals surface area contributed by atoms with Crippen LogP contribution in [0.15, 0.2) is 58.3 Å². The van der Waals surface area contributed by atoms with Gasteiger partial charge >= 0.3 is 0 Å². The van der Waals surface area contributed by atoms with Gasteiger partial charge in [-0.15, -0.1) is 6.42 Å². The summed E-state index contributed by atoms with van der Waals surface area (Å²) in [5.41, 5.74) is 1.87. The SMILES string of the molecule is C#CCN1c2ccccc2S(=O)c2ccccc21. The minimum atomic E-state index is -1.12. The first kappa shape index (κ1) is 11.1. The number of hydrogen-bond acceptors (Lipinski definition) is 2. The molecule has 3 heteroatoms. The number of terminal acetylenes is 1. The Labute approximate surface area is 109 Å². The number of fused-ring (bicyclic) bond motifs is 2. The highest BCUT2D eigenvalue weighted by Crippen LogP contribution is 2.41. The molecule has 0 aromatic heterocycles. The van der Waals surface area contributed by atoms with Gasteiger partial charge in [-0.1, -0.05) is 30.2 Å². The first-order valence-corrected chi connectivity index (χ1v) is 6.79. The van der Waals surface area contributed by atoms with Gasteiger partial charge in [0, 0.05) is 0 Å². The number of rotatable bonds is 1. The first-order valence-electron chi connectivity index (χ1n) is 5.64. The third-order valence-electron chi connectivity index (χ3n) is 2.96. The van der Waals surface area contributed by atoms with E-state index in [0.29, 0.717) is 6.54 Å². The molecule has 0 saturated carbocycles. The van der Waals surface area contributed by atoms with Crippen molar-refractivity contribution in [3.8, 4) is 12.3 Å². The second-order valence-electron chi connectivity index (χ2n) is 3.99. The lowest BCUT2D eigenvalue weighted by atomic mass is 10.2. The van der Waals surface area contributed by atoms with Crippen molar-refractivity contribution in [2.75, 3.05) is 11.4 Å². The summed E-state index contributed by atoms with van der Waals surface area (Å²) in [5.74, 6) is 2.66. The van der Waals surface area contributed by atoms with Crippen LogP contribution in [0.5, 0.6) is 0 Å². The summed E-state index contributed by atoms with van der Waals surface area (Å²) in [6, 6.07) is 15.4. The highest BCUT2D eigenvalue weighted by molar-refractivity contribution is 7.85. The maximum atomic E-state index is 12.5. The topological polar surface area (TPSA) is 20.3 Å². The molecule has 1 heterocycles. The van der Waals surface area contributed by atoms with Gasteiger partial charge in [0.25, 0.3) is 0 Å². The third kappa shape index (κ3) is 1.54. The molecule has 0 bridgehead atoms. The van der Waals surface area contributed by atoms with E-state index in [9.17, 15) is 4.21 Å². The molecular formula is C15H11NOS. The van der Waals surface area contributed by atoms with Crippen LogP contribution in [0.25, 0.3) is 0 Å². The Kier molecular flexibility index (Phi) is 2.66. The first-order chi connectivity index (χ1) is 8.83. The molecule has 2 aromatic carbocycles. The fourth-order valence-electron chi connectivity index (χ4n) is 2.18. The molecule has 0 aliphatic carbocycles. The van der Waals surface area contributed by atoms with Gasteiger partial charge in [0.05, 0.1) is 38.5 Å². The van der Waals surface area contributed by atoms with E-state index in [4.69, 9.17) is 6.42 Å². The average molecular weight is 253 g/mol. The van der Waals surface area contributed by atoms with E-state index in [0.717, 1.165) is 21.2 Å². The van der Waals surface area contributed by atoms with Crippen LogP contribution >= 0.6 is 0 Å². The Morgan fingerprint density at radius 3 is 2.00 bits per heavy atom. The summed E-state index contributed by atoms with van der Waals surface area (Å²) in [5, 5.41) is 0. The number of benzene rings is 2. The van der Waals surface area contributed by atoms with Crippen LogP contribution in [0.4, 0.5) is 11.4 Å². The normalized spacial score (nSPS) is 13.6. The summed E-state index contributed by atoms with van der Waals surface area (Å²) in [7, 11) is -1.12. The molecule has 0 N–H and O–H groups in total. The Bertz CT molecular complexity index is 623. The number of anilines is 2. The maximum absolute atomic E-state index is 12.5. The highest BCUT2D eigenvalue weighted by atomic mass is 32.2. The van der Waals surface area contributed by atoms with Crippen LogP contribution in [-0.4, -0.2) is 10.8 Å². The molecule has 0 saturated heterocycles. The Hall–Kier alpha value is -2.05. The molecule has 18 heavy (non-hydrogen) atoms. The molecule has 2 nitrogen and oxygen atoms in total. The minimum absolute atomic E-state index is 0.477. The van der Waals surface area contributed by atoms with E-state index in [1.165, 1.54) is 0 Å². The number of para-hydroxylation sites is 2. The van der Waals surface area contributed by atoms with Gasteiger partial charge in [-0.25, -0.2) is 4.21 Å². The lowest BCUT2D eigenvalue weighted by Crippen LogP contribution is -2.24. The third-order valence-corrected chi connectivity index (χ3v) is 4.45. The Morgan fingerprint density at radius 2 is 1.50 bits per heavy atom. The van der Waals surface area contributed by atoms with Crippen LogP contribution in [0.2, 0.25) is 0 Å². The largest absolute Gasteiger partial charge is 0.328 e. The van der Waals surface area contributed by atoms with Gasteiger partial charge in [0.15, 0.2) is 0 Å². The average Bonchev–Trinajstić information content (AvgIpc) is 2.43. The van der Waals surface area contributed by atoms with Gasteiger partial charge < -0.3 is 4.90 Å². The van der Waals surface area contributed by atoms with Crippen LogP contribution in [0.1, 0.15) is 0 Å². The molecule has 1 aliphatic rings. The summed E-state index contributed by atoms with van der Waals surface area (Å²) in [4.78, 5) is 3.68. The second kappa shape index (κ2) is 4.32. The molecular weight excluding hydrogens is 242 g/mol. The van der Waals surface area contributed by atoms with Crippen molar-refractivity contribution in [1.29, 1.82) is 0 Å². The van der Waals surface area contributed by atoms with Gasteiger partial charge in [0.2, 0.25) is 0 Å². The lowest BCUT2D eigenvalue weighted by Gasteiger charge is -2.30. The summed E-state index contributed by atoms with van der Waals surface area (Å²) >= 11 is 0. The molecule has 0 amide bonds. The predicted octanol–water partition coefficient (Wildman–Crippen LogP) is 2.94. The molecule has 88 valence electrons. The zero-order chi connectivity index (χ0) is 12.5. The maximum Gasteiger partial charge on any atom is 0.0892 e. The Morgan fingerprint density at radius 1 is 1.00 bits per heavy atom. The second-order valence-corrected chi connectivity index (χ2v) is 5.41. The van der Waals surface area contributed by atoms with E-state index in [2.05, 4.69) is 5.92 Å². The van der Waals surface area contributed by atoms with Crippen molar-refractivity contribution in [2.45, 2.75) is 9.79 Å². The van der Waals surface area contributed by atoms with Crippen molar-refractivity contribution < 1.29 is 4.21 Å². The van der Waals surface area contributed by atoms with E-state index in [1.54, 1.807) is 0 Å². The quantitative estimate of drug-likeness (QED) is 0.728. The molecule has 0 atom stereocenters. The summed E-state index contributed by atoms with van der Waals surface area (Å²) in [6.45, 7) is 0.477. The summed E-state index contributed by atoms with van der Waals surface area (Å²) in [6.07, 6.45) is 5.44. The monoisotopic (exact) mass is 253 g/mol. The molecule has 3 rings (SSSR count). The van der Waals surface area contributed by atoms with Crippen molar-refractivity contribution in [2.24, 2.45) is 0 Å². The smallest absolute Gasteiger partial charge is 0.0892 e. The van der Waals surface area contributed by atoms with Gasteiger partial charge in [-0.2, -0.15) is 0 Å².